The van der Waals surface area contributed by atoms with E-state index in [2.05, 4.69) is 5.32 Å². The van der Waals surface area contributed by atoms with Crippen molar-refractivity contribution in [2.24, 2.45) is 5.41 Å². The number of nitrogens with one attached hydrogen (secondary N) is 1. The van der Waals surface area contributed by atoms with Crippen molar-refractivity contribution >= 4 is 5.57 Å². The summed E-state index contributed by atoms with van der Waals surface area (Å²) in [7, 11) is 0. The quantitative estimate of drug-likeness (QED) is 0.762. The highest BCUT2D eigenvalue weighted by Gasteiger charge is 2.42. The lowest BCUT2D eigenvalue weighted by atomic mass is 9.65. The summed E-state index contributed by atoms with van der Waals surface area (Å²) in [5.74, 6) is -1.20. The van der Waals surface area contributed by atoms with Gasteiger partial charge in [-0.2, -0.15) is 13.2 Å². The summed E-state index contributed by atoms with van der Waals surface area (Å²) >= 11 is 0. The van der Waals surface area contributed by atoms with E-state index in [1.807, 2.05) is 6.08 Å². The van der Waals surface area contributed by atoms with Gasteiger partial charge < -0.3 is 5.32 Å². The first-order valence-electron chi connectivity index (χ1n) is 5.69. The number of benzene rings is 1. The molecule has 1 nitrogen and oxygen atoms in total. The molecule has 1 aromatic rings. The highest BCUT2D eigenvalue weighted by atomic mass is 19.4. The number of allylic oxidation sites excluding steroid dienone is 1. The maximum Gasteiger partial charge on any atom is 0.419 e. The minimum absolute atomic E-state index is 0.175. The molecule has 0 bridgehead atoms. The van der Waals surface area contributed by atoms with Crippen molar-refractivity contribution in [1.82, 2.24) is 5.32 Å². The Morgan fingerprint density at radius 2 is 1.83 bits per heavy atom. The molecule has 96 valence electrons. The zero-order valence-corrected chi connectivity index (χ0v) is 9.44. The van der Waals surface area contributed by atoms with Gasteiger partial charge in [0.2, 0.25) is 0 Å². The molecule has 0 atom stereocenters. The van der Waals surface area contributed by atoms with Crippen molar-refractivity contribution in [2.45, 2.75) is 12.6 Å². The van der Waals surface area contributed by atoms with Crippen LogP contribution in [-0.4, -0.2) is 13.1 Å². The third-order valence-corrected chi connectivity index (χ3v) is 3.62. The van der Waals surface area contributed by atoms with E-state index in [1.54, 1.807) is 0 Å². The van der Waals surface area contributed by atoms with Crippen molar-refractivity contribution in [3.05, 3.63) is 41.2 Å². The Balaban J connectivity index is 1.88. The molecule has 0 radical (unpaired) electrons. The second-order valence-corrected chi connectivity index (χ2v) is 5.00. The third-order valence-electron chi connectivity index (χ3n) is 3.62. The molecule has 1 spiro atoms. The minimum Gasteiger partial charge on any atom is -0.315 e. The highest BCUT2D eigenvalue weighted by molar-refractivity contribution is 5.73. The molecule has 1 fully saturated rings. The summed E-state index contributed by atoms with van der Waals surface area (Å²) in [5.41, 5.74) is 0.461. The lowest BCUT2D eigenvalue weighted by Crippen LogP contribution is -2.55. The number of hydrogen-bond donors (Lipinski definition) is 1. The predicted octanol–water partition coefficient (Wildman–Crippen LogP) is 3.22. The van der Waals surface area contributed by atoms with Gasteiger partial charge in [0.15, 0.2) is 0 Å². The lowest BCUT2D eigenvalue weighted by Gasteiger charge is -2.48. The average molecular weight is 257 g/mol. The summed E-state index contributed by atoms with van der Waals surface area (Å²) in [6, 6.07) is 3.14. The van der Waals surface area contributed by atoms with Crippen LogP contribution in [0.2, 0.25) is 0 Å². The zero-order chi connectivity index (χ0) is 13.0. The van der Waals surface area contributed by atoms with Crippen LogP contribution >= 0.6 is 0 Å². The summed E-state index contributed by atoms with van der Waals surface area (Å²) in [5, 5.41) is 3.15. The monoisotopic (exact) mass is 257 g/mol. The number of rotatable bonds is 1. The Morgan fingerprint density at radius 3 is 2.28 bits per heavy atom. The highest BCUT2D eigenvalue weighted by Crippen LogP contribution is 2.47. The number of halogens is 4. The Kier molecular flexibility index (Phi) is 2.32. The first-order valence-corrected chi connectivity index (χ1v) is 5.69. The molecule has 0 unspecified atom stereocenters. The Bertz CT molecular complexity index is 526. The Morgan fingerprint density at radius 1 is 1.17 bits per heavy atom. The van der Waals surface area contributed by atoms with Crippen LogP contribution in [0.15, 0.2) is 24.3 Å². The number of alkyl halides is 3. The maximum atomic E-state index is 13.4. The first-order chi connectivity index (χ1) is 8.40. The molecule has 1 aromatic carbocycles. The predicted molar refractivity (Wildman–Crippen MR) is 59.3 cm³/mol. The smallest absolute Gasteiger partial charge is 0.315 e. The molecule has 0 saturated carbocycles. The normalized spacial score (nSPS) is 21.2. The molecule has 18 heavy (non-hydrogen) atoms. The molecule has 2 aliphatic rings. The van der Waals surface area contributed by atoms with Crippen LogP contribution < -0.4 is 5.32 Å². The van der Waals surface area contributed by atoms with Gasteiger partial charge >= 0.3 is 6.18 Å². The largest absolute Gasteiger partial charge is 0.419 e. The van der Waals surface area contributed by atoms with Crippen LogP contribution in [-0.2, 0) is 6.18 Å². The van der Waals surface area contributed by atoms with Crippen LogP contribution in [0.3, 0.4) is 0 Å². The van der Waals surface area contributed by atoms with Crippen LogP contribution in [0.4, 0.5) is 17.6 Å². The zero-order valence-electron chi connectivity index (χ0n) is 9.44. The Hall–Kier alpha value is -1.36. The minimum atomic E-state index is -4.63. The summed E-state index contributed by atoms with van der Waals surface area (Å²) in [6.45, 7) is 1.80. The van der Waals surface area contributed by atoms with Crippen molar-refractivity contribution in [2.75, 3.05) is 13.1 Å². The van der Waals surface area contributed by atoms with Crippen LogP contribution in [0.1, 0.15) is 17.5 Å². The second kappa shape index (κ2) is 3.57. The van der Waals surface area contributed by atoms with E-state index in [1.165, 1.54) is 6.07 Å². The topological polar surface area (TPSA) is 12.0 Å². The first kappa shape index (κ1) is 11.7. The van der Waals surface area contributed by atoms with Crippen LogP contribution in [0.25, 0.3) is 5.57 Å². The van der Waals surface area contributed by atoms with Gasteiger partial charge in [0.05, 0.1) is 5.56 Å². The van der Waals surface area contributed by atoms with Gasteiger partial charge in [-0.05, 0) is 29.7 Å². The number of hydrogen-bond acceptors (Lipinski definition) is 1. The van der Waals surface area contributed by atoms with Crippen molar-refractivity contribution in [3.8, 4) is 0 Å². The fourth-order valence-electron chi connectivity index (χ4n) is 2.52. The van der Waals surface area contributed by atoms with Crippen molar-refractivity contribution in [3.63, 3.8) is 0 Å². The average Bonchev–Trinajstić information content (AvgIpc) is 2.10. The third kappa shape index (κ3) is 1.73. The lowest BCUT2D eigenvalue weighted by molar-refractivity contribution is -0.140. The molecule has 1 N–H and O–H groups in total. The molecule has 1 aliphatic heterocycles. The van der Waals surface area contributed by atoms with Crippen LogP contribution in [0.5, 0.6) is 0 Å². The van der Waals surface area contributed by atoms with E-state index in [4.69, 9.17) is 0 Å². The molecule has 1 aliphatic carbocycles. The molecular formula is C13H11F4N. The van der Waals surface area contributed by atoms with Gasteiger partial charge in [-0.25, -0.2) is 4.39 Å². The van der Waals surface area contributed by atoms with E-state index in [-0.39, 0.29) is 5.41 Å². The maximum absolute atomic E-state index is 13.4. The fourth-order valence-corrected chi connectivity index (χ4v) is 2.52. The Labute approximate surface area is 101 Å². The van der Waals surface area contributed by atoms with Crippen molar-refractivity contribution in [1.29, 1.82) is 0 Å². The standard InChI is InChI=1S/C13H11F4N/c14-11-3-8(1-2-10(11)13(15,16)17)9-4-12(5-9)6-18-7-12/h1-4,18H,5-7H2. The molecule has 0 amide bonds. The van der Waals surface area contributed by atoms with Gasteiger partial charge in [0.25, 0.3) is 0 Å². The molecule has 5 heteroatoms. The van der Waals surface area contributed by atoms with E-state index in [0.717, 1.165) is 37.2 Å². The van der Waals surface area contributed by atoms with Gasteiger partial charge in [0, 0.05) is 18.5 Å². The van der Waals surface area contributed by atoms with E-state index < -0.39 is 17.6 Å². The van der Waals surface area contributed by atoms with Crippen molar-refractivity contribution < 1.29 is 17.6 Å². The van der Waals surface area contributed by atoms with Crippen LogP contribution in [0, 0.1) is 11.2 Å². The van der Waals surface area contributed by atoms with Gasteiger partial charge in [-0.15, -0.1) is 0 Å². The van der Waals surface area contributed by atoms with Gasteiger partial charge in [-0.3, -0.25) is 0 Å². The van der Waals surface area contributed by atoms with E-state index in [0.29, 0.717) is 5.56 Å². The summed E-state index contributed by atoms with van der Waals surface area (Å²) in [6.07, 6.45) is -1.79. The molecule has 1 saturated heterocycles. The SMILES string of the molecule is Fc1cc(C2=CC3(CNC3)C2)ccc1C(F)(F)F. The van der Waals surface area contributed by atoms with E-state index in [9.17, 15) is 17.6 Å². The van der Waals surface area contributed by atoms with Gasteiger partial charge in [-0.1, -0.05) is 12.1 Å². The summed E-state index contributed by atoms with van der Waals surface area (Å²) in [4.78, 5) is 0. The van der Waals surface area contributed by atoms with Gasteiger partial charge in [0.1, 0.15) is 5.82 Å². The molecule has 1 heterocycles. The second-order valence-electron chi connectivity index (χ2n) is 5.00. The molecule has 0 aromatic heterocycles. The fraction of sp³-hybridized carbons (Fsp3) is 0.385. The molecular weight excluding hydrogens is 246 g/mol. The molecule has 3 rings (SSSR count). The van der Waals surface area contributed by atoms with E-state index >= 15 is 0 Å². The summed E-state index contributed by atoms with van der Waals surface area (Å²) < 4.78 is 50.6.